The Morgan fingerprint density at radius 1 is 1.10 bits per heavy atom. The summed E-state index contributed by atoms with van der Waals surface area (Å²) in [6.45, 7) is 0. The standard InChI is InChI=1S/C20H16N6O2S/c27-18-11-4-2-7-15(18)12-21-22-19(28)13-29-20-23-24-25-26(20)17-10-5-8-14-6-1-3-9-16(14)17/h1-12,27H,13H2,(H,22,28). The number of phenolic OH excluding ortho intramolecular Hbond substituents is 1. The Balaban J connectivity index is 1.43. The van der Waals surface area contributed by atoms with Gasteiger partial charge < -0.3 is 5.11 Å². The number of hydrazone groups is 1. The Bertz CT molecular complexity index is 1190. The Hall–Kier alpha value is -3.72. The van der Waals surface area contributed by atoms with Crippen molar-refractivity contribution in [1.82, 2.24) is 25.6 Å². The van der Waals surface area contributed by atoms with Crippen LogP contribution in [0, 0.1) is 0 Å². The third kappa shape index (κ3) is 4.25. The van der Waals surface area contributed by atoms with E-state index in [1.807, 2.05) is 42.5 Å². The third-order valence-corrected chi connectivity index (χ3v) is 5.02. The number of nitrogens with one attached hydrogen (secondary N) is 1. The summed E-state index contributed by atoms with van der Waals surface area (Å²) in [4.78, 5) is 12.1. The molecule has 0 saturated carbocycles. The van der Waals surface area contributed by atoms with E-state index in [9.17, 15) is 9.90 Å². The number of hydrogen-bond acceptors (Lipinski definition) is 7. The lowest BCUT2D eigenvalue weighted by Crippen LogP contribution is -2.20. The van der Waals surface area contributed by atoms with Crippen LogP contribution in [0.15, 0.2) is 77.0 Å². The van der Waals surface area contributed by atoms with Crippen molar-refractivity contribution in [3.05, 3.63) is 72.3 Å². The predicted molar refractivity (Wildman–Crippen MR) is 111 cm³/mol. The second-order valence-electron chi connectivity index (χ2n) is 6.01. The van der Waals surface area contributed by atoms with Crippen molar-refractivity contribution in [3.63, 3.8) is 0 Å². The summed E-state index contributed by atoms with van der Waals surface area (Å²) >= 11 is 1.21. The van der Waals surface area contributed by atoms with Crippen molar-refractivity contribution in [2.24, 2.45) is 5.10 Å². The molecule has 0 aliphatic heterocycles. The molecule has 0 bridgehead atoms. The summed E-state index contributed by atoms with van der Waals surface area (Å²) in [5, 5.41) is 28.0. The second kappa shape index (κ2) is 8.53. The number of aromatic nitrogens is 4. The maximum atomic E-state index is 12.1. The van der Waals surface area contributed by atoms with Crippen LogP contribution in [0.3, 0.4) is 0 Å². The molecule has 0 saturated heterocycles. The summed E-state index contributed by atoms with van der Waals surface area (Å²) in [6, 6.07) is 20.6. The number of para-hydroxylation sites is 1. The lowest BCUT2D eigenvalue weighted by molar-refractivity contribution is -0.118. The minimum absolute atomic E-state index is 0.0866. The molecule has 4 rings (SSSR count). The van der Waals surface area contributed by atoms with Gasteiger partial charge in [0.25, 0.3) is 5.91 Å². The molecule has 0 atom stereocenters. The van der Waals surface area contributed by atoms with Crippen LogP contribution in [-0.2, 0) is 4.79 Å². The van der Waals surface area contributed by atoms with E-state index in [2.05, 4.69) is 26.1 Å². The first-order valence-electron chi connectivity index (χ1n) is 8.71. The van der Waals surface area contributed by atoms with Crippen LogP contribution in [0.4, 0.5) is 0 Å². The first-order chi connectivity index (χ1) is 14.2. The van der Waals surface area contributed by atoms with Gasteiger partial charge in [0.1, 0.15) is 5.75 Å². The number of fused-ring (bicyclic) bond motifs is 1. The van der Waals surface area contributed by atoms with E-state index in [0.717, 1.165) is 16.5 Å². The van der Waals surface area contributed by atoms with Crippen LogP contribution in [0.5, 0.6) is 5.75 Å². The number of aromatic hydroxyl groups is 1. The SMILES string of the molecule is O=C(CSc1nnnn1-c1cccc2ccccc12)NN=Cc1ccccc1O. The molecule has 0 aliphatic carbocycles. The fraction of sp³-hybridized carbons (Fsp3) is 0.0500. The van der Waals surface area contributed by atoms with E-state index in [4.69, 9.17) is 0 Å². The van der Waals surface area contributed by atoms with Gasteiger partial charge in [-0.25, -0.2) is 5.43 Å². The molecule has 9 heteroatoms. The van der Waals surface area contributed by atoms with E-state index in [1.54, 1.807) is 28.9 Å². The average molecular weight is 404 g/mol. The minimum Gasteiger partial charge on any atom is -0.507 e. The van der Waals surface area contributed by atoms with Crippen molar-refractivity contribution < 1.29 is 9.90 Å². The molecule has 0 aliphatic rings. The van der Waals surface area contributed by atoms with Crippen molar-refractivity contribution in [1.29, 1.82) is 0 Å². The van der Waals surface area contributed by atoms with Gasteiger partial charge in [-0.1, -0.05) is 60.3 Å². The number of hydrogen-bond donors (Lipinski definition) is 2. The van der Waals surface area contributed by atoms with Crippen LogP contribution in [0.2, 0.25) is 0 Å². The molecule has 0 fully saturated rings. The van der Waals surface area contributed by atoms with Gasteiger partial charge in [-0.15, -0.1) is 5.10 Å². The van der Waals surface area contributed by atoms with Gasteiger partial charge in [0.2, 0.25) is 5.16 Å². The predicted octanol–water partition coefficient (Wildman–Crippen LogP) is 2.76. The monoisotopic (exact) mass is 404 g/mol. The molecule has 0 radical (unpaired) electrons. The third-order valence-electron chi connectivity index (χ3n) is 4.10. The molecule has 0 unspecified atom stereocenters. The molecule has 1 amide bonds. The number of phenols is 1. The topological polar surface area (TPSA) is 105 Å². The highest BCUT2D eigenvalue weighted by Crippen LogP contribution is 2.25. The van der Waals surface area contributed by atoms with Gasteiger partial charge in [0, 0.05) is 10.9 Å². The number of nitrogens with zero attached hydrogens (tertiary/aromatic N) is 5. The Morgan fingerprint density at radius 2 is 1.90 bits per heavy atom. The zero-order valence-corrected chi connectivity index (χ0v) is 16.0. The number of rotatable bonds is 6. The van der Waals surface area contributed by atoms with Crippen LogP contribution >= 0.6 is 11.8 Å². The molecular weight excluding hydrogens is 388 g/mol. The maximum absolute atomic E-state index is 12.1. The molecule has 0 spiro atoms. The first kappa shape index (κ1) is 18.6. The van der Waals surface area contributed by atoms with E-state index in [1.165, 1.54) is 18.0 Å². The van der Waals surface area contributed by atoms with Crippen molar-refractivity contribution >= 4 is 34.7 Å². The van der Waals surface area contributed by atoms with Gasteiger partial charge in [0.15, 0.2) is 0 Å². The molecular formula is C20H16N6O2S. The summed E-state index contributed by atoms with van der Waals surface area (Å²) in [7, 11) is 0. The molecule has 2 N–H and O–H groups in total. The fourth-order valence-corrected chi connectivity index (χ4v) is 3.42. The number of benzene rings is 3. The summed E-state index contributed by atoms with van der Waals surface area (Å²) in [5.74, 6) is -0.133. The van der Waals surface area contributed by atoms with E-state index >= 15 is 0 Å². The Kier molecular flexibility index (Phi) is 5.48. The number of carbonyl (C=O) groups excluding carboxylic acids is 1. The van der Waals surface area contributed by atoms with E-state index in [-0.39, 0.29) is 17.4 Å². The normalized spacial score (nSPS) is 11.2. The number of thioether (sulfide) groups is 1. The lowest BCUT2D eigenvalue weighted by Gasteiger charge is -2.07. The molecule has 8 nitrogen and oxygen atoms in total. The highest BCUT2D eigenvalue weighted by Gasteiger charge is 2.13. The summed E-state index contributed by atoms with van der Waals surface area (Å²) in [6.07, 6.45) is 1.39. The molecule has 1 heterocycles. The first-order valence-corrected chi connectivity index (χ1v) is 9.70. The summed E-state index contributed by atoms with van der Waals surface area (Å²) < 4.78 is 1.62. The van der Waals surface area contributed by atoms with Crippen LogP contribution in [-0.4, -0.2) is 43.2 Å². The smallest absolute Gasteiger partial charge is 0.250 e. The quantitative estimate of drug-likeness (QED) is 0.291. The van der Waals surface area contributed by atoms with E-state index in [0.29, 0.717) is 10.7 Å². The zero-order valence-electron chi connectivity index (χ0n) is 15.1. The van der Waals surface area contributed by atoms with Crippen LogP contribution in [0.25, 0.3) is 16.5 Å². The van der Waals surface area contributed by atoms with Crippen molar-refractivity contribution in [2.75, 3.05) is 5.75 Å². The highest BCUT2D eigenvalue weighted by molar-refractivity contribution is 7.99. The molecule has 4 aromatic rings. The van der Waals surface area contributed by atoms with Crippen LogP contribution in [0.1, 0.15) is 5.56 Å². The average Bonchev–Trinajstić information content (AvgIpc) is 3.21. The van der Waals surface area contributed by atoms with Gasteiger partial charge in [-0.2, -0.15) is 9.78 Å². The molecule has 29 heavy (non-hydrogen) atoms. The zero-order chi connectivity index (χ0) is 20.1. The summed E-state index contributed by atoms with van der Waals surface area (Å²) in [5.41, 5.74) is 3.79. The van der Waals surface area contributed by atoms with Crippen LogP contribution < -0.4 is 5.43 Å². The van der Waals surface area contributed by atoms with E-state index < -0.39 is 0 Å². The Morgan fingerprint density at radius 3 is 2.79 bits per heavy atom. The van der Waals surface area contributed by atoms with Crippen molar-refractivity contribution in [2.45, 2.75) is 5.16 Å². The largest absolute Gasteiger partial charge is 0.507 e. The lowest BCUT2D eigenvalue weighted by atomic mass is 10.1. The van der Waals surface area contributed by atoms with Gasteiger partial charge in [-0.05, 0) is 34.0 Å². The maximum Gasteiger partial charge on any atom is 0.250 e. The fourth-order valence-electron chi connectivity index (χ4n) is 2.75. The van der Waals surface area contributed by atoms with Crippen molar-refractivity contribution in [3.8, 4) is 11.4 Å². The number of carbonyl (C=O) groups is 1. The Labute approximate surface area is 170 Å². The minimum atomic E-state index is -0.311. The highest BCUT2D eigenvalue weighted by atomic mass is 32.2. The molecule has 144 valence electrons. The number of amides is 1. The second-order valence-corrected chi connectivity index (χ2v) is 6.95. The van der Waals surface area contributed by atoms with Gasteiger partial charge >= 0.3 is 0 Å². The van der Waals surface area contributed by atoms with Gasteiger partial charge in [0.05, 0.1) is 17.7 Å². The number of tetrazole rings is 1. The van der Waals surface area contributed by atoms with Gasteiger partial charge in [-0.3, -0.25) is 4.79 Å². The molecule has 3 aromatic carbocycles. The molecule has 1 aromatic heterocycles.